The average molecular weight is 220 g/mol. The molecule has 1 rings (SSSR count). The molecule has 0 unspecified atom stereocenters. The highest BCUT2D eigenvalue weighted by atomic mass is 35.5. The molecule has 0 aliphatic heterocycles. The Morgan fingerprint density at radius 3 is 2.57 bits per heavy atom. The molecule has 5 heteroatoms. The van der Waals surface area contributed by atoms with Gasteiger partial charge in [0.25, 0.3) is 0 Å². The fourth-order valence-corrected chi connectivity index (χ4v) is 1.28. The Kier molecular flexibility index (Phi) is 3.31. The van der Waals surface area contributed by atoms with Gasteiger partial charge in [-0.1, -0.05) is 11.6 Å². The van der Waals surface area contributed by atoms with Gasteiger partial charge < -0.3 is 15.9 Å². The second kappa shape index (κ2) is 4.13. The fraction of sp³-hybridized carbons (Fsp3) is 0.333. The molecular weight excluding hydrogens is 209 g/mol. The Morgan fingerprint density at radius 2 is 2.07 bits per heavy atom. The van der Waals surface area contributed by atoms with Crippen molar-refractivity contribution in [1.29, 1.82) is 0 Å². The summed E-state index contributed by atoms with van der Waals surface area (Å²) in [6.07, 6.45) is -0.964. The summed E-state index contributed by atoms with van der Waals surface area (Å²) >= 11 is 5.58. The minimum atomic E-state index is -0.992. The Labute approximate surface area is 85.9 Å². The molecule has 0 aliphatic rings. The topological polar surface area (TPSA) is 66.5 Å². The van der Waals surface area contributed by atoms with E-state index in [0.29, 0.717) is 0 Å². The minimum absolute atomic E-state index is 0.0116. The zero-order valence-electron chi connectivity index (χ0n) is 7.54. The third kappa shape index (κ3) is 1.97. The highest BCUT2D eigenvalue weighted by Gasteiger charge is 2.21. The van der Waals surface area contributed by atoms with Crippen molar-refractivity contribution in [1.82, 2.24) is 0 Å². The molecule has 4 N–H and O–H groups in total. The molecular formula is C9H11ClFNO2. The number of aliphatic hydroxyl groups excluding tert-OH is 1. The Hall–Kier alpha value is -0.840. The van der Waals surface area contributed by atoms with Crippen molar-refractivity contribution in [2.75, 3.05) is 0 Å². The maximum atomic E-state index is 13.2. The summed E-state index contributed by atoms with van der Waals surface area (Å²) in [5.41, 5.74) is 5.34. The van der Waals surface area contributed by atoms with Gasteiger partial charge in [0.05, 0.1) is 22.7 Å². The van der Waals surface area contributed by atoms with Gasteiger partial charge in [0.2, 0.25) is 0 Å². The molecule has 2 atom stereocenters. The predicted molar refractivity (Wildman–Crippen MR) is 51.7 cm³/mol. The maximum Gasteiger partial charge on any atom is 0.141 e. The highest BCUT2D eigenvalue weighted by molar-refractivity contribution is 6.32. The first kappa shape index (κ1) is 11.2. The van der Waals surface area contributed by atoms with Crippen LogP contribution in [0.25, 0.3) is 0 Å². The number of phenolic OH excluding ortho intramolecular Hbond substituents is 1. The smallest absolute Gasteiger partial charge is 0.141 e. The summed E-state index contributed by atoms with van der Waals surface area (Å²) in [7, 11) is 0. The van der Waals surface area contributed by atoms with E-state index in [9.17, 15) is 9.50 Å². The summed E-state index contributed by atoms with van der Waals surface area (Å²) in [5, 5.41) is 18.6. The van der Waals surface area contributed by atoms with Crippen molar-refractivity contribution in [2.45, 2.75) is 19.1 Å². The van der Waals surface area contributed by atoms with Gasteiger partial charge in [0.1, 0.15) is 11.6 Å². The monoisotopic (exact) mass is 219 g/mol. The molecule has 0 saturated carbocycles. The van der Waals surface area contributed by atoms with Gasteiger partial charge in [-0.2, -0.15) is 0 Å². The minimum Gasteiger partial charge on any atom is -0.506 e. The van der Waals surface area contributed by atoms with E-state index in [1.165, 1.54) is 13.0 Å². The Morgan fingerprint density at radius 1 is 1.50 bits per heavy atom. The number of benzene rings is 1. The van der Waals surface area contributed by atoms with Crippen LogP contribution in [0.2, 0.25) is 5.02 Å². The summed E-state index contributed by atoms with van der Waals surface area (Å²) in [4.78, 5) is 0. The van der Waals surface area contributed by atoms with Gasteiger partial charge in [-0.15, -0.1) is 0 Å². The molecule has 78 valence electrons. The number of phenols is 1. The molecule has 0 radical (unpaired) electrons. The van der Waals surface area contributed by atoms with E-state index in [1.54, 1.807) is 0 Å². The number of nitrogens with two attached hydrogens (primary N) is 1. The summed E-state index contributed by atoms with van der Waals surface area (Å²) in [6, 6.07) is 1.33. The lowest BCUT2D eigenvalue weighted by Gasteiger charge is -2.17. The van der Waals surface area contributed by atoms with Crippen molar-refractivity contribution in [3.05, 3.63) is 28.5 Å². The summed E-state index contributed by atoms with van der Waals surface area (Å²) < 4.78 is 13.2. The molecule has 1 aromatic rings. The van der Waals surface area contributed by atoms with Gasteiger partial charge in [0.15, 0.2) is 0 Å². The van der Waals surface area contributed by atoms with E-state index in [-0.39, 0.29) is 10.6 Å². The van der Waals surface area contributed by atoms with Crippen LogP contribution in [-0.2, 0) is 0 Å². The fourth-order valence-electron chi connectivity index (χ4n) is 1.12. The molecule has 0 saturated heterocycles. The second-order valence-corrected chi connectivity index (χ2v) is 3.47. The van der Waals surface area contributed by atoms with Crippen LogP contribution in [0.4, 0.5) is 4.39 Å². The predicted octanol–water partition coefficient (Wildman–Crippen LogP) is 1.57. The molecule has 1 aromatic carbocycles. The molecule has 3 nitrogen and oxygen atoms in total. The lowest BCUT2D eigenvalue weighted by atomic mass is 10.0. The van der Waals surface area contributed by atoms with Crippen molar-refractivity contribution in [2.24, 2.45) is 5.73 Å². The average Bonchev–Trinajstić information content (AvgIpc) is 2.12. The van der Waals surface area contributed by atoms with E-state index in [1.807, 2.05) is 0 Å². The van der Waals surface area contributed by atoms with E-state index in [0.717, 1.165) is 6.07 Å². The van der Waals surface area contributed by atoms with E-state index >= 15 is 0 Å². The van der Waals surface area contributed by atoms with E-state index in [4.69, 9.17) is 22.4 Å². The van der Waals surface area contributed by atoms with Crippen LogP contribution in [0.15, 0.2) is 12.1 Å². The molecule has 0 fully saturated rings. The summed E-state index contributed by atoms with van der Waals surface area (Å²) in [5.74, 6) is -1.10. The second-order valence-electron chi connectivity index (χ2n) is 3.06. The lowest BCUT2D eigenvalue weighted by molar-refractivity contribution is 0.161. The molecule has 0 bridgehead atoms. The number of halogens is 2. The first-order valence-electron chi connectivity index (χ1n) is 4.05. The van der Waals surface area contributed by atoms with Gasteiger partial charge in [-0.25, -0.2) is 4.39 Å². The third-order valence-electron chi connectivity index (χ3n) is 1.97. The molecule has 0 aliphatic carbocycles. The van der Waals surface area contributed by atoms with Gasteiger partial charge in [0, 0.05) is 0 Å². The number of aromatic hydroxyl groups is 1. The maximum absolute atomic E-state index is 13.2. The summed E-state index contributed by atoms with van der Waals surface area (Å²) in [6.45, 7) is 1.41. The van der Waals surface area contributed by atoms with Crippen molar-refractivity contribution >= 4 is 11.6 Å². The van der Waals surface area contributed by atoms with Crippen LogP contribution in [0, 0.1) is 5.82 Å². The Balaban J connectivity index is 3.25. The lowest BCUT2D eigenvalue weighted by Crippen LogP contribution is -2.24. The van der Waals surface area contributed by atoms with Gasteiger partial charge in [-0.3, -0.25) is 0 Å². The normalized spacial score (nSPS) is 15.2. The largest absolute Gasteiger partial charge is 0.506 e. The van der Waals surface area contributed by atoms with Crippen LogP contribution in [0.5, 0.6) is 5.75 Å². The number of hydrogen-bond acceptors (Lipinski definition) is 3. The van der Waals surface area contributed by atoms with Crippen molar-refractivity contribution in [3.63, 3.8) is 0 Å². The zero-order valence-corrected chi connectivity index (χ0v) is 8.29. The molecule has 14 heavy (non-hydrogen) atoms. The first-order chi connectivity index (χ1) is 6.45. The first-order valence-corrected chi connectivity index (χ1v) is 4.43. The van der Waals surface area contributed by atoms with Gasteiger partial charge >= 0.3 is 0 Å². The molecule has 0 aromatic heterocycles. The van der Waals surface area contributed by atoms with Crippen LogP contribution < -0.4 is 5.73 Å². The van der Waals surface area contributed by atoms with Crippen LogP contribution in [0.1, 0.15) is 18.5 Å². The molecule has 0 amide bonds. The van der Waals surface area contributed by atoms with E-state index in [2.05, 4.69) is 0 Å². The van der Waals surface area contributed by atoms with Crippen molar-refractivity contribution in [3.8, 4) is 5.75 Å². The highest BCUT2D eigenvalue weighted by Crippen LogP contribution is 2.33. The SMILES string of the molecule is C[C@@H](O)[C@@H](N)c1c(F)ccc(Cl)c1O. The number of aliphatic hydroxyl groups is 1. The van der Waals surface area contributed by atoms with Crippen LogP contribution in [0.3, 0.4) is 0 Å². The van der Waals surface area contributed by atoms with Gasteiger partial charge in [-0.05, 0) is 19.1 Å². The van der Waals surface area contributed by atoms with E-state index < -0.39 is 23.7 Å². The van der Waals surface area contributed by atoms with Crippen molar-refractivity contribution < 1.29 is 14.6 Å². The standard InChI is InChI=1S/C9H11ClFNO2/c1-4(13)8(12)7-6(11)3-2-5(10)9(7)14/h2-4,8,13-14H,12H2,1H3/t4-,8-/m1/s1. The Bertz CT molecular complexity index is 344. The number of hydrogen-bond donors (Lipinski definition) is 3. The third-order valence-corrected chi connectivity index (χ3v) is 2.27. The molecule has 0 spiro atoms. The van der Waals surface area contributed by atoms with Crippen LogP contribution >= 0.6 is 11.6 Å². The zero-order chi connectivity index (χ0) is 10.9. The quantitative estimate of drug-likeness (QED) is 0.707. The van der Waals surface area contributed by atoms with Crippen LogP contribution in [-0.4, -0.2) is 16.3 Å². The molecule has 0 heterocycles. The number of rotatable bonds is 2.